The minimum atomic E-state index is -0.150. The summed E-state index contributed by atoms with van der Waals surface area (Å²) in [4.78, 5) is 30.4. The fraction of sp³-hybridized carbons (Fsp3) is 0.550. The fourth-order valence-electron chi connectivity index (χ4n) is 0.983. The van der Waals surface area contributed by atoms with Crippen LogP contribution in [0.4, 0.5) is 0 Å². The normalized spacial score (nSPS) is 19.6. The van der Waals surface area contributed by atoms with E-state index in [2.05, 4.69) is 24.8 Å². The van der Waals surface area contributed by atoms with Gasteiger partial charge in [0.2, 0.25) is 0 Å². The molecule has 144 valence electrons. The van der Waals surface area contributed by atoms with E-state index in [1.54, 1.807) is 13.0 Å². The van der Waals surface area contributed by atoms with Crippen molar-refractivity contribution in [1.82, 2.24) is 0 Å². The molecule has 2 aliphatic heterocycles. The van der Waals surface area contributed by atoms with Gasteiger partial charge >= 0.3 is 5.97 Å². The number of rotatable bonds is 2. The number of carbonyl (C=O) groups excluding carboxylic acids is 3. The van der Waals surface area contributed by atoms with Crippen LogP contribution in [0.3, 0.4) is 0 Å². The second kappa shape index (κ2) is 15.5. The second-order valence-electron chi connectivity index (χ2n) is 5.64. The number of hydrogen-bond donors (Lipinski definition) is 0. The van der Waals surface area contributed by atoms with Crippen LogP contribution in [-0.2, 0) is 23.9 Å². The molecule has 0 aromatic rings. The number of Topliss-reactive ketones (excluding diaryl/α,β-unsaturated/α-hetero) is 1. The molecule has 2 saturated heterocycles. The van der Waals surface area contributed by atoms with Crippen molar-refractivity contribution in [3.8, 4) is 0 Å². The fourth-order valence-corrected chi connectivity index (χ4v) is 0.983. The maximum atomic E-state index is 10.4. The van der Waals surface area contributed by atoms with Gasteiger partial charge in [-0.25, -0.2) is 0 Å². The van der Waals surface area contributed by atoms with Gasteiger partial charge in [-0.15, -0.1) is 0 Å². The Balaban J connectivity index is -0.000000261. The number of ketones is 2. The molecule has 25 heavy (non-hydrogen) atoms. The smallest absolute Gasteiger partial charge is 0.311 e. The number of allylic oxidation sites excluding steroid dienone is 4. The van der Waals surface area contributed by atoms with Crippen molar-refractivity contribution in [2.24, 2.45) is 5.92 Å². The first-order valence-corrected chi connectivity index (χ1v) is 7.81. The molecule has 5 nitrogen and oxygen atoms in total. The molecule has 2 rings (SSSR count). The Morgan fingerprint density at radius 3 is 1.64 bits per heavy atom. The van der Waals surface area contributed by atoms with Crippen LogP contribution in [0.1, 0.15) is 55.4 Å². The molecular formula is C20H34O5. The molecule has 0 bridgehead atoms. The van der Waals surface area contributed by atoms with Crippen molar-refractivity contribution in [2.75, 3.05) is 6.61 Å². The van der Waals surface area contributed by atoms with Crippen molar-refractivity contribution in [3.63, 3.8) is 0 Å². The maximum Gasteiger partial charge on any atom is 0.311 e. The van der Waals surface area contributed by atoms with Crippen LogP contribution in [0.15, 0.2) is 36.6 Å². The highest BCUT2D eigenvalue weighted by molar-refractivity contribution is 5.91. The molecule has 0 aromatic carbocycles. The molecule has 0 saturated carbocycles. The average molecular weight is 354 g/mol. The summed E-state index contributed by atoms with van der Waals surface area (Å²) >= 11 is 0. The molecule has 2 fully saturated rings. The van der Waals surface area contributed by atoms with Crippen molar-refractivity contribution >= 4 is 17.5 Å². The van der Waals surface area contributed by atoms with Gasteiger partial charge in [-0.3, -0.25) is 14.4 Å². The quantitative estimate of drug-likeness (QED) is 0.417. The van der Waals surface area contributed by atoms with Crippen molar-refractivity contribution in [1.29, 1.82) is 0 Å². The highest BCUT2D eigenvalue weighted by atomic mass is 16.6. The summed E-state index contributed by atoms with van der Waals surface area (Å²) in [5.41, 5.74) is 0.620. The third-order valence-corrected chi connectivity index (χ3v) is 2.77. The number of hydrogen-bond acceptors (Lipinski definition) is 5. The van der Waals surface area contributed by atoms with Crippen LogP contribution in [0, 0.1) is 5.92 Å². The zero-order valence-corrected chi connectivity index (χ0v) is 15.7. The number of ether oxygens (including phenoxy) is 2. The van der Waals surface area contributed by atoms with Gasteiger partial charge in [0.15, 0.2) is 11.6 Å². The molecule has 2 heterocycles. The summed E-state index contributed by atoms with van der Waals surface area (Å²) < 4.78 is 9.35. The Bertz CT molecular complexity index is 472. The second-order valence-corrected chi connectivity index (χ2v) is 5.64. The van der Waals surface area contributed by atoms with Crippen molar-refractivity contribution in [2.45, 2.75) is 61.5 Å². The summed E-state index contributed by atoms with van der Waals surface area (Å²) in [6.45, 7) is 18.5. The average Bonchev–Trinajstić information content (AvgIpc) is 3.16. The summed E-state index contributed by atoms with van der Waals surface area (Å²) in [7, 11) is 0. The van der Waals surface area contributed by atoms with E-state index in [4.69, 9.17) is 4.74 Å². The largest absolute Gasteiger partial charge is 0.431 e. The van der Waals surface area contributed by atoms with E-state index in [0.29, 0.717) is 23.9 Å². The van der Waals surface area contributed by atoms with Gasteiger partial charge in [-0.2, -0.15) is 0 Å². The Kier molecular flexibility index (Phi) is 17.3. The topological polar surface area (TPSA) is 73.0 Å². The molecule has 0 aliphatic carbocycles. The van der Waals surface area contributed by atoms with Gasteiger partial charge in [0, 0.05) is 5.92 Å². The van der Waals surface area contributed by atoms with E-state index in [0.717, 1.165) is 6.61 Å². The lowest BCUT2D eigenvalue weighted by Crippen LogP contribution is -1.88. The van der Waals surface area contributed by atoms with Crippen LogP contribution >= 0.6 is 0 Å². The number of cyclic esters (lactones) is 1. The van der Waals surface area contributed by atoms with E-state index in [-0.39, 0.29) is 30.9 Å². The van der Waals surface area contributed by atoms with Crippen molar-refractivity contribution in [3.05, 3.63) is 36.6 Å². The first-order valence-electron chi connectivity index (χ1n) is 7.81. The van der Waals surface area contributed by atoms with E-state index in [9.17, 15) is 14.4 Å². The molecule has 0 spiro atoms. The number of epoxide rings is 1. The first-order chi connectivity index (χ1) is 11.0. The highest BCUT2D eigenvalue weighted by Gasteiger charge is 2.23. The predicted molar refractivity (Wildman–Crippen MR) is 102 cm³/mol. The van der Waals surface area contributed by atoms with E-state index in [1.807, 2.05) is 13.8 Å². The Hall–Kier alpha value is -2.01. The van der Waals surface area contributed by atoms with Crippen LogP contribution in [0.5, 0.6) is 0 Å². The first kappa shape index (κ1) is 27.8. The monoisotopic (exact) mass is 354 g/mol. The van der Waals surface area contributed by atoms with Crippen LogP contribution in [0.25, 0.3) is 0 Å². The molecular weight excluding hydrogens is 320 g/mol. The Morgan fingerprint density at radius 1 is 1.20 bits per heavy atom. The highest BCUT2D eigenvalue weighted by Crippen LogP contribution is 2.22. The van der Waals surface area contributed by atoms with Gasteiger partial charge in [0.1, 0.15) is 5.76 Å². The van der Waals surface area contributed by atoms with E-state index >= 15 is 0 Å². The lowest BCUT2D eigenvalue weighted by molar-refractivity contribution is -0.135. The van der Waals surface area contributed by atoms with Gasteiger partial charge in [-0.05, 0) is 46.3 Å². The maximum absolute atomic E-state index is 10.4. The molecule has 2 aliphatic rings. The van der Waals surface area contributed by atoms with Gasteiger partial charge in [-0.1, -0.05) is 33.6 Å². The molecule has 0 radical (unpaired) electrons. The van der Waals surface area contributed by atoms with Crippen LogP contribution < -0.4 is 0 Å². The number of carbonyl (C=O) groups is 3. The number of esters is 1. The van der Waals surface area contributed by atoms with E-state index in [1.165, 1.54) is 19.9 Å². The predicted octanol–water partition coefficient (Wildman–Crippen LogP) is 4.43. The van der Waals surface area contributed by atoms with E-state index < -0.39 is 0 Å². The zero-order chi connectivity index (χ0) is 19.3. The lowest BCUT2D eigenvalue weighted by Gasteiger charge is -1.94. The minimum Gasteiger partial charge on any atom is -0.431 e. The lowest BCUT2D eigenvalue weighted by atomic mass is 10.1. The summed E-state index contributed by atoms with van der Waals surface area (Å²) in [6, 6.07) is 0. The van der Waals surface area contributed by atoms with Gasteiger partial charge in [0.25, 0.3) is 0 Å². The Labute approximate surface area is 152 Å². The zero-order valence-electron chi connectivity index (χ0n) is 15.7. The third-order valence-electron chi connectivity index (χ3n) is 2.77. The van der Waals surface area contributed by atoms with Crippen LogP contribution in [-0.4, -0.2) is 30.2 Å². The SMILES string of the molecule is C.C/C=C/C(C)=O.C=C(C)C(C)=O.C=C1OC(=O)CC1C.CC1CO1. The molecule has 0 amide bonds. The summed E-state index contributed by atoms with van der Waals surface area (Å²) in [5, 5.41) is 0. The molecule has 2 atom stereocenters. The minimum absolute atomic E-state index is 0. The third kappa shape index (κ3) is 22.0. The Morgan fingerprint density at radius 2 is 1.60 bits per heavy atom. The van der Waals surface area contributed by atoms with Gasteiger partial charge in [0.05, 0.1) is 19.1 Å². The van der Waals surface area contributed by atoms with Crippen LogP contribution in [0.2, 0.25) is 0 Å². The van der Waals surface area contributed by atoms with Gasteiger partial charge < -0.3 is 9.47 Å². The molecule has 5 heteroatoms. The molecule has 2 unspecified atom stereocenters. The standard InChI is InChI=1S/C6H8O2.2C5H8O.C3H6O.CH4/c1-4-3-6(7)8-5(4)2;1-4(2)5(3)6;1-3-4-5(2)6;1-3-2-4-3;/h4H,2-3H2,1H3;1H2,2-3H3;3-4H,1-2H3;3H,2H2,1H3;1H4/b;;4-3+;;. The molecule has 0 N–H and O–H groups in total. The summed E-state index contributed by atoms with van der Waals surface area (Å²) in [5.74, 6) is 0.854. The molecule has 0 aromatic heterocycles. The summed E-state index contributed by atoms with van der Waals surface area (Å²) in [6.07, 6.45) is 4.33. The van der Waals surface area contributed by atoms with Crippen molar-refractivity contribution < 1.29 is 23.9 Å².